The van der Waals surface area contributed by atoms with E-state index >= 15 is 0 Å². The first-order chi connectivity index (χ1) is 9.09. The minimum atomic E-state index is -0.0364. The number of nitrogens with two attached hydrogens (primary N) is 1. The Kier molecular flexibility index (Phi) is 4.88. The number of carbonyl (C=O) groups is 1. The predicted molar refractivity (Wildman–Crippen MR) is 78.8 cm³/mol. The number of hydrogen-bond donors (Lipinski definition) is 1. The molecule has 0 saturated heterocycles. The number of nitrogens with zero attached hydrogens (tertiary/aromatic N) is 1. The van der Waals surface area contributed by atoms with Crippen molar-refractivity contribution in [1.29, 1.82) is 0 Å². The molecular weight excluding hydrogens is 236 g/mol. The molecule has 0 unspecified atom stereocenters. The lowest BCUT2D eigenvalue weighted by molar-refractivity contribution is -0.143. The second kappa shape index (κ2) is 6.25. The molecule has 2 aliphatic rings. The molecule has 0 atom stereocenters. The average Bonchev–Trinajstić information content (AvgIpc) is 3.09. The molecule has 0 heterocycles. The van der Waals surface area contributed by atoms with E-state index < -0.39 is 0 Å². The van der Waals surface area contributed by atoms with Crippen molar-refractivity contribution in [2.24, 2.45) is 17.1 Å². The summed E-state index contributed by atoms with van der Waals surface area (Å²) in [6, 6.07) is 0.531. The normalized spacial score (nSPS) is 21.9. The third-order valence-electron chi connectivity index (χ3n) is 4.66. The summed E-state index contributed by atoms with van der Waals surface area (Å²) >= 11 is 0. The summed E-state index contributed by atoms with van der Waals surface area (Å²) in [5.74, 6) is 1.06. The predicted octanol–water partition coefficient (Wildman–Crippen LogP) is 2.93. The van der Waals surface area contributed by atoms with Gasteiger partial charge in [-0.1, -0.05) is 26.7 Å². The van der Waals surface area contributed by atoms with Crippen molar-refractivity contribution in [2.75, 3.05) is 13.1 Å². The van der Waals surface area contributed by atoms with Crippen LogP contribution < -0.4 is 5.73 Å². The maximum Gasteiger partial charge on any atom is 0.229 e. The van der Waals surface area contributed by atoms with Crippen molar-refractivity contribution in [3.8, 4) is 0 Å². The molecule has 2 rings (SSSR count). The lowest BCUT2D eigenvalue weighted by atomic mass is 9.77. The third kappa shape index (κ3) is 3.50. The van der Waals surface area contributed by atoms with Crippen molar-refractivity contribution in [1.82, 2.24) is 4.90 Å². The molecule has 0 aromatic carbocycles. The molecule has 0 bridgehead atoms. The molecule has 1 amide bonds. The van der Waals surface area contributed by atoms with Gasteiger partial charge in [-0.3, -0.25) is 4.79 Å². The Hall–Kier alpha value is -0.570. The van der Waals surface area contributed by atoms with Crippen LogP contribution in [-0.2, 0) is 4.79 Å². The Morgan fingerprint density at radius 2 is 1.95 bits per heavy atom. The zero-order valence-electron chi connectivity index (χ0n) is 12.7. The molecule has 19 heavy (non-hydrogen) atoms. The molecule has 2 saturated carbocycles. The Morgan fingerprint density at radius 3 is 2.42 bits per heavy atom. The molecule has 110 valence electrons. The fraction of sp³-hybridized carbons (Fsp3) is 0.938. The van der Waals surface area contributed by atoms with E-state index in [9.17, 15) is 4.79 Å². The molecule has 3 heteroatoms. The highest BCUT2D eigenvalue weighted by atomic mass is 16.2. The Bertz CT molecular complexity index is 304. The van der Waals surface area contributed by atoms with Gasteiger partial charge in [-0.25, -0.2) is 0 Å². The summed E-state index contributed by atoms with van der Waals surface area (Å²) in [6.07, 6.45) is 9.09. The molecule has 2 N–H and O–H groups in total. The lowest BCUT2D eigenvalue weighted by Crippen LogP contribution is -2.45. The summed E-state index contributed by atoms with van der Waals surface area (Å²) in [6.45, 7) is 6.05. The lowest BCUT2D eigenvalue weighted by Gasteiger charge is -2.36. The van der Waals surface area contributed by atoms with Gasteiger partial charge in [-0.15, -0.1) is 0 Å². The number of rotatable bonds is 7. The van der Waals surface area contributed by atoms with Gasteiger partial charge in [0.15, 0.2) is 0 Å². The molecule has 0 aromatic rings. The summed E-state index contributed by atoms with van der Waals surface area (Å²) in [5.41, 5.74) is 5.59. The van der Waals surface area contributed by atoms with Gasteiger partial charge in [0.25, 0.3) is 0 Å². The summed E-state index contributed by atoms with van der Waals surface area (Å²) in [5, 5.41) is 0. The quantitative estimate of drug-likeness (QED) is 0.770. The Labute approximate surface area is 117 Å². The van der Waals surface area contributed by atoms with Crippen LogP contribution in [0.2, 0.25) is 0 Å². The zero-order chi connectivity index (χ0) is 13.9. The van der Waals surface area contributed by atoms with Crippen LogP contribution in [0.4, 0.5) is 0 Å². The van der Waals surface area contributed by atoms with Gasteiger partial charge in [0.05, 0.1) is 0 Å². The Morgan fingerprint density at radius 1 is 1.32 bits per heavy atom. The molecule has 3 nitrogen and oxygen atoms in total. The molecule has 2 aliphatic carbocycles. The van der Waals surface area contributed by atoms with E-state index in [1.807, 2.05) is 0 Å². The third-order valence-corrected chi connectivity index (χ3v) is 4.66. The monoisotopic (exact) mass is 266 g/mol. The molecule has 0 aliphatic heterocycles. The average molecular weight is 266 g/mol. The van der Waals surface area contributed by atoms with Crippen molar-refractivity contribution >= 4 is 5.91 Å². The van der Waals surface area contributed by atoms with Crippen LogP contribution >= 0.6 is 0 Å². The molecule has 0 aromatic heterocycles. The molecule has 2 fully saturated rings. The van der Waals surface area contributed by atoms with E-state index in [1.165, 1.54) is 25.7 Å². The van der Waals surface area contributed by atoms with Crippen LogP contribution in [0.3, 0.4) is 0 Å². The first kappa shape index (κ1) is 14.8. The second-order valence-corrected chi connectivity index (χ2v) is 6.96. The van der Waals surface area contributed by atoms with Crippen LogP contribution in [-0.4, -0.2) is 29.9 Å². The van der Waals surface area contributed by atoms with Crippen LogP contribution in [0, 0.1) is 11.3 Å². The van der Waals surface area contributed by atoms with Crippen molar-refractivity contribution in [2.45, 2.75) is 71.3 Å². The highest BCUT2D eigenvalue weighted by Crippen LogP contribution is 2.46. The van der Waals surface area contributed by atoms with Gasteiger partial charge in [-0.2, -0.15) is 0 Å². The van der Waals surface area contributed by atoms with Crippen LogP contribution in [0.5, 0.6) is 0 Å². The summed E-state index contributed by atoms with van der Waals surface area (Å²) in [7, 11) is 0. The van der Waals surface area contributed by atoms with E-state index in [0.717, 1.165) is 32.2 Å². The SMILES string of the molecule is CC(C)CC1(C(=O)N(CCCN)C2CC2)CCCC1. The topological polar surface area (TPSA) is 46.3 Å². The van der Waals surface area contributed by atoms with Crippen molar-refractivity contribution in [3.63, 3.8) is 0 Å². The maximum absolute atomic E-state index is 13.1. The van der Waals surface area contributed by atoms with Crippen LogP contribution in [0.15, 0.2) is 0 Å². The van der Waals surface area contributed by atoms with Gasteiger partial charge in [0.1, 0.15) is 0 Å². The van der Waals surface area contributed by atoms with Gasteiger partial charge in [0.2, 0.25) is 5.91 Å². The van der Waals surface area contributed by atoms with Gasteiger partial charge < -0.3 is 10.6 Å². The van der Waals surface area contributed by atoms with E-state index in [0.29, 0.717) is 24.4 Å². The Balaban J connectivity index is 2.07. The van der Waals surface area contributed by atoms with Gasteiger partial charge >= 0.3 is 0 Å². The van der Waals surface area contributed by atoms with E-state index in [4.69, 9.17) is 5.73 Å². The van der Waals surface area contributed by atoms with Crippen LogP contribution in [0.25, 0.3) is 0 Å². The number of carbonyl (C=O) groups excluding carboxylic acids is 1. The highest BCUT2D eigenvalue weighted by Gasteiger charge is 2.46. The molecule has 0 spiro atoms. The first-order valence-corrected chi connectivity index (χ1v) is 8.10. The number of hydrogen-bond acceptors (Lipinski definition) is 2. The largest absolute Gasteiger partial charge is 0.339 e. The number of amides is 1. The minimum Gasteiger partial charge on any atom is -0.339 e. The summed E-state index contributed by atoms with van der Waals surface area (Å²) in [4.78, 5) is 15.3. The highest BCUT2D eigenvalue weighted by molar-refractivity contribution is 5.83. The van der Waals surface area contributed by atoms with Crippen molar-refractivity contribution < 1.29 is 4.79 Å². The van der Waals surface area contributed by atoms with Gasteiger partial charge in [-0.05, 0) is 51.0 Å². The molecule has 0 radical (unpaired) electrons. The van der Waals surface area contributed by atoms with Gasteiger partial charge in [0, 0.05) is 18.0 Å². The fourth-order valence-electron chi connectivity index (χ4n) is 3.74. The van der Waals surface area contributed by atoms with Crippen LogP contribution in [0.1, 0.15) is 65.2 Å². The maximum atomic E-state index is 13.1. The smallest absolute Gasteiger partial charge is 0.229 e. The standard InChI is InChI=1S/C16H30N2O/c1-13(2)12-16(8-3-4-9-16)15(19)18(11-5-10-17)14-6-7-14/h13-14H,3-12,17H2,1-2H3. The van der Waals surface area contributed by atoms with E-state index in [1.54, 1.807) is 0 Å². The summed E-state index contributed by atoms with van der Waals surface area (Å²) < 4.78 is 0. The first-order valence-electron chi connectivity index (χ1n) is 8.10. The minimum absolute atomic E-state index is 0.0364. The molecular formula is C16H30N2O. The van der Waals surface area contributed by atoms with E-state index in [2.05, 4.69) is 18.7 Å². The zero-order valence-corrected chi connectivity index (χ0v) is 12.7. The van der Waals surface area contributed by atoms with Crippen molar-refractivity contribution in [3.05, 3.63) is 0 Å². The second-order valence-electron chi connectivity index (χ2n) is 6.96. The fourth-order valence-corrected chi connectivity index (χ4v) is 3.74. The van der Waals surface area contributed by atoms with E-state index in [-0.39, 0.29) is 5.41 Å².